The van der Waals surface area contributed by atoms with Crippen LogP contribution in [0.1, 0.15) is 38.5 Å². The van der Waals surface area contributed by atoms with Gasteiger partial charge in [-0.25, -0.2) is 13.2 Å². The Hall–Kier alpha value is -1.56. The third kappa shape index (κ3) is 3.50. The summed E-state index contributed by atoms with van der Waals surface area (Å²) in [4.78, 5) is 11.9. The number of benzene rings is 1. The van der Waals surface area contributed by atoms with Crippen LogP contribution in [0, 0.1) is 17.5 Å². The Morgan fingerprint density at radius 3 is 2.50 bits per heavy atom. The summed E-state index contributed by atoms with van der Waals surface area (Å²) in [6.45, 7) is 0. The fourth-order valence-corrected chi connectivity index (χ4v) is 2.59. The number of anilines is 1. The first-order valence-electron chi connectivity index (χ1n) is 6.63. The molecule has 1 aromatic carbocycles. The lowest BCUT2D eigenvalue weighted by molar-refractivity contribution is -0.117. The molecule has 0 atom stereocenters. The van der Waals surface area contributed by atoms with Crippen LogP contribution in [0.3, 0.4) is 0 Å². The maximum atomic E-state index is 13.4. The molecule has 20 heavy (non-hydrogen) atoms. The van der Waals surface area contributed by atoms with Gasteiger partial charge in [0.2, 0.25) is 5.91 Å². The lowest BCUT2D eigenvalue weighted by atomic mass is 9.80. The smallest absolute Gasteiger partial charge is 0.226 e. The van der Waals surface area contributed by atoms with Crippen LogP contribution in [0.25, 0.3) is 0 Å². The van der Waals surface area contributed by atoms with E-state index in [0.717, 1.165) is 38.2 Å². The van der Waals surface area contributed by atoms with Gasteiger partial charge >= 0.3 is 0 Å². The van der Waals surface area contributed by atoms with Crippen molar-refractivity contribution in [2.75, 3.05) is 5.32 Å². The molecule has 2 rings (SSSR count). The second-order valence-electron chi connectivity index (χ2n) is 5.40. The van der Waals surface area contributed by atoms with Crippen molar-refractivity contribution < 1.29 is 18.0 Å². The molecule has 110 valence electrons. The predicted molar refractivity (Wildman–Crippen MR) is 69.6 cm³/mol. The van der Waals surface area contributed by atoms with E-state index in [2.05, 4.69) is 5.32 Å². The van der Waals surface area contributed by atoms with Gasteiger partial charge in [0.1, 0.15) is 5.82 Å². The fourth-order valence-electron chi connectivity index (χ4n) is 2.59. The van der Waals surface area contributed by atoms with Crippen LogP contribution in [0.15, 0.2) is 12.1 Å². The van der Waals surface area contributed by atoms with Gasteiger partial charge in [-0.05, 0) is 12.8 Å². The van der Waals surface area contributed by atoms with Crippen LogP contribution in [0.2, 0.25) is 0 Å². The summed E-state index contributed by atoms with van der Waals surface area (Å²) in [6, 6.07) is 1.18. The lowest BCUT2D eigenvalue weighted by Gasteiger charge is -2.32. The van der Waals surface area contributed by atoms with Gasteiger partial charge in [-0.2, -0.15) is 0 Å². The quantitative estimate of drug-likeness (QED) is 0.839. The van der Waals surface area contributed by atoms with E-state index in [4.69, 9.17) is 5.73 Å². The average Bonchev–Trinajstić information content (AvgIpc) is 2.35. The van der Waals surface area contributed by atoms with Crippen LogP contribution in [-0.4, -0.2) is 11.4 Å². The molecular weight excluding hydrogens is 269 g/mol. The summed E-state index contributed by atoms with van der Waals surface area (Å²) in [7, 11) is 0. The Balaban J connectivity index is 2.04. The lowest BCUT2D eigenvalue weighted by Crippen LogP contribution is -2.44. The Morgan fingerprint density at radius 2 is 1.85 bits per heavy atom. The number of halogens is 3. The van der Waals surface area contributed by atoms with E-state index in [-0.39, 0.29) is 6.42 Å². The maximum Gasteiger partial charge on any atom is 0.226 e. The molecule has 3 N–H and O–H groups in total. The molecule has 1 saturated carbocycles. The molecule has 0 aliphatic heterocycles. The first kappa shape index (κ1) is 14.8. The highest BCUT2D eigenvalue weighted by Gasteiger charge is 2.30. The number of rotatable bonds is 3. The summed E-state index contributed by atoms with van der Waals surface area (Å²) in [5.74, 6) is -4.08. The number of nitrogens with two attached hydrogens (primary N) is 1. The van der Waals surface area contributed by atoms with Gasteiger partial charge in [0.15, 0.2) is 11.6 Å². The predicted octanol–water partition coefficient (Wildman–Crippen LogP) is 3.09. The first-order chi connectivity index (χ1) is 9.39. The largest absolute Gasteiger partial charge is 0.325 e. The fraction of sp³-hybridized carbons (Fsp3) is 0.500. The molecule has 3 nitrogen and oxygen atoms in total. The summed E-state index contributed by atoms with van der Waals surface area (Å²) < 4.78 is 39.5. The number of hydrogen-bond donors (Lipinski definition) is 2. The minimum absolute atomic E-state index is 0.0184. The van der Waals surface area contributed by atoms with E-state index in [1.807, 2.05) is 0 Å². The second kappa shape index (κ2) is 5.83. The van der Waals surface area contributed by atoms with Gasteiger partial charge in [0.05, 0.1) is 5.69 Å². The Labute approximate surface area is 115 Å². The van der Waals surface area contributed by atoms with Crippen LogP contribution < -0.4 is 11.1 Å². The highest BCUT2D eigenvalue weighted by molar-refractivity contribution is 5.91. The molecule has 0 saturated heterocycles. The Morgan fingerprint density at radius 1 is 1.20 bits per heavy atom. The van der Waals surface area contributed by atoms with Crippen molar-refractivity contribution >= 4 is 11.6 Å². The zero-order valence-electron chi connectivity index (χ0n) is 11.0. The zero-order chi connectivity index (χ0) is 14.8. The summed E-state index contributed by atoms with van der Waals surface area (Å²) >= 11 is 0. The van der Waals surface area contributed by atoms with E-state index in [1.54, 1.807) is 0 Å². The van der Waals surface area contributed by atoms with Crippen molar-refractivity contribution in [3.63, 3.8) is 0 Å². The topological polar surface area (TPSA) is 55.1 Å². The second-order valence-corrected chi connectivity index (χ2v) is 5.40. The molecule has 0 unspecified atom stereocenters. The van der Waals surface area contributed by atoms with Gasteiger partial charge in [-0.3, -0.25) is 4.79 Å². The van der Waals surface area contributed by atoms with Crippen LogP contribution in [0.4, 0.5) is 18.9 Å². The number of carbonyl (C=O) groups is 1. The number of carbonyl (C=O) groups excluding carboxylic acids is 1. The van der Waals surface area contributed by atoms with Gasteiger partial charge in [0.25, 0.3) is 0 Å². The van der Waals surface area contributed by atoms with E-state index in [1.165, 1.54) is 0 Å². The van der Waals surface area contributed by atoms with E-state index in [0.29, 0.717) is 6.07 Å². The molecule has 1 fully saturated rings. The van der Waals surface area contributed by atoms with Crippen molar-refractivity contribution in [1.82, 2.24) is 0 Å². The molecule has 0 bridgehead atoms. The van der Waals surface area contributed by atoms with Crippen LogP contribution >= 0.6 is 0 Å². The molecule has 1 amide bonds. The van der Waals surface area contributed by atoms with Crippen LogP contribution in [0.5, 0.6) is 0 Å². The number of nitrogens with one attached hydrogen (secondary N) is 1. The molecule has 1 aliphatic rings. The molecule has 1 aliphatic carbocycles. The van der Waals surface area contributed by atoms with Crippen LogP contribution in [-0.2, 0) is 4.79 Å². The van der Waals surface area contributed by atoms with Crippen molar-refractivity contribution in [1.29, 1.82) is 0 Å². The normalized spacial score (nSPS) is 17.8. The van der Waals surface area contributed by atoms with E-state index >= 15 is 0 Å². The first-order valence-corrected chi connectivity index (χ1v) is 6.63. The summed E-state index contributed by atoms with van der Waals surface area (Å²) in [5.41, 5.74) is 5.01. The molecule has 0 radical (unpaired) electrons. The maximum absolute atomic E-state index is 13.4. The van der Waals surface area contributed by atoms with Crippen molar-refractivity contribution in [2.24, 2.45) is 5.73 Å². The van der Waals surface area contributed by atoms with Crippen molar-refractivity contribution in [3.8, 4) is 0 Å². The monoisotopic (exact) mass is 286 g/mol. The molecule has 6 heteroatoms. The minimum Gasteiger partial charge on any atom is -0.325 e. The highest BCUT2D eigenvalue weighted by Crippen LogP contribution is 2.29. The number of amides is 1. The minimum atomic E-state index is -1.33. The summed E-state index contributed by atoms with van der Waals surface area (Å²) in [5, 5.41) is 2.19. The molecule has 1 aromatic rings. The molecule has 0 heterocycles. The van der Waals surface area contributed by atoms with Crippen molar-refractivity contribution in [3.05, 3.63) is 29.6 Å². The Kier molecular flexibility index (Phi) is 4.32. The standard InChI is InChI=1S/C14H17F3N2O/c15-9-6-10(16)13(17)11(7-9)19-12(20)8-14(18)4-2-1-3-5-14/h6-7H,1-5,8,18H2,(H,19,20). The highest BCUT2D eigenvalue weighted by atomic mass is 19.2. The van der Waals surface area contributed by atoms with Crippen molar-refractivity contribution in [2.45, 2.75) is 44.1 Å². The van der Waals surface area contributed by atoms with Gasteiger partial charge in [-0.15, -0.1) is 0 Å². The van der Waals surface area contributed by atoms with E-state index in [9.17, 15) is 18.0 Å². The summed E-state index contributed by atoms with van der Waals surface area (Å²) in [6.07, 6.45) is 4.45. The third-order valence-corrected chi connectivity index (χ3v) is 3.63. The van der Waals surface area contributed by atoms with E-state index < -0.39 is 34.6 Å². The van der Waals surface area contributed by atoms with Gasteiger partial charge in [-0.1, -0.05) is 19.3 Å². The molecular formula is C14H17F3N2O. The van der Waals surface area contributed by atoms with Gasteiger partial charge in [0, 0.05) is 24.1 Å². The van der Waals surface area contributed by atoms with Gasteiger partial charge < -0.3 is 11.1 Å². The number of hydrogen-bond acceptors (Lipinski definition) is 2. The Bertz CT molecular complexity index is 513. The average molecular weight is 286 g/mol. The molecule has 0 aromatic heterocycles. The molecule has 0 spiro atoms. The SMILES string of the molecule is NC1(CC(=O)Nc2cc(F)cc(F)c2F)CCCCC1. The zero-order valence-corrected chi connectivity index (χ0v) is 11.0. The third-order valence-electron chi connectivity index (χ3n) is 3.63.